The second-order valence-corrected chi connectivity index (χ2v) is 14.1. The normalized spacial score (nSPS) is 48.6. The maximum absolute atomic E-state index is 13.3. The van der Waals surface area contributed by atoms with Gasteiger partial charge in [0.15, 0.2) is 0 Å². The van der Waals surface area contributed by atoms with Gasteiger partial charge in [-0.05, 0) is 105 Å². The largest absolute Gasteiger partial charge is 0.393 e. The van der Waals surface area contributed by atoms with E-state index < -0.39 is 0 Å². The number of nitrogens with one attached hydrogen (secondary N) is 1. The SMILES string of the molecule is CC[C@H]1NC[C@@H]2CON(C(=O)CCC(C)[C@H]3CC[C@H]4[C@@H]5CC=C6C[C@@H](O)CC[C@]6(C)[C@H]5CC[C@]34C)[C@@H]21. The number of amides is 1. The fourth-order valence-corrected chi connectivity index (χ4v) is 10.6. The Bertz CT molecular complexity index is 889. The van der Waals surface area contributed by atoms with Gasteiger partial charge in [0.25, 0.3) is 0 Å². The molecule has 0 bridgehead atoms. The van der Waals surface area contributed by atoms with E-state index in [0.29, 0.717) is 41.7 Å². The lowest BCUT2D eigenvalue weighted by atomic mass is 9.47. The fourth-order valence-electron chi connectivity index (χ4n) is 10.6. The standard InChI is InChI=1S/C31H50N2O3/c1-5-27-29-20(17-32-27)18-36-33(29)28(35)11-6-19(2)24-9-10-25-23-8-7-21-16-22(34)12-14-30(21,3)26(23)13-15-31(24,25)4/h7,19-20,22-27,29,32,34H,5-6,8-18H2,1-4H3/t19?,20-,22+,23+,24-,25+,26+,27-,29+,30+,31-/m1/s1. The highest BCUT2D eigenvalue weighted by atomic mass is 16.7. The van der Waals surface area contributed by atoms with Gasteiger partial charge in [-0.2, -0.15) is 0 Å². The highest BCUT2D eigenvalue weighted by Gasteiger charge is 2.59. The minimum Gasteiger partial charge on any atom is -0.393 e. The van der Waals surface area contributed by atoms with E-state index in [1.54, 1.807) is 10.6 Å². The number of hydrogen-bond donors (Lipinski definition) is 2. The smallest absolute Gasteiger partial charge is 0.246 e. The van der Waals surface area contributed by atoms with Gasteiger partial charge in [0.1, 0.15) is 0 Å². The first kappa shape index (κ1) is 25.4. The molecule has 6 aliphatic rings. The molecule has 6 rings (SSSR count). The molecule has 2 saturated heterocycles. The molecule has 3 saturated carbocycles. The van der Waals surface area contributed by atoms with Crippen LogP contribution >= 0.6 is 0 Å². The van der Waals surface area contributed by atoms with E-state index in [9.17, 15) is 9.90 Å². The molecule has 202 valence electrons. The molecule has 11 atom stereocenters. The van der Waals surface area contributed by atoms with E-state index in [-0.39, 0.29) is 18.1 Å². The van der Waals surface area contributed by atoms with Crippen LogP contribution in [-0.2, 0) is 9.63 Å². The molecule has 2 aliphatic heterocycles. The monoisotopic (exact) mass is 498 g/mol. The number of aliphatic hydroxyl groups excluding tert-OH is 1. The van der Waals surface area contributed by atoms with Gasteiger partial charge in [0.2, 0.25) is 5.91 Å². The van der Waals surface area contributed by atoms with Crippen molar-refractivity contribution in [3.8, 4) is 0 Å². The summed E-state index contributed by atoms with van der Waals surface area (Å²) in [7, 11) is 0. The minimum atomic E-state index is -0.121. The quantitative estimate of drug-likeness (QED) is 0.493. The molecule has 5 nitrogen and oxygen atoms in total. The van der Waals surface area contributed by atoms with Crippen LogP contribution in [0.5, 0.6) is 0 Å². The lowest BCUT2D eigenvalue weighted by molar-refractivity contribution is -0.178. The van der Waals surface area contributed by atoms with Crippen LogP contribution in [0.4, 0.5) is 0 Å². The van der Waals surface area contributed by atoms with Crippen molar-refractivity contribution in [3.63, 3.8) is 0 Å². The van der Waals surface area contributed by atoms with Gasteiger partial charge in [-0.15, -0.1) is 0 Å². The lowest BCUT2D eigenvalue weighted by Gasteiger charge is -2.58. The van der Waals surface area contributed by atoms with Crippen molar-refractivity contribution < 1.29 is 14.7 Å². The number of carbonyl (C=O) groups is 1. The molecular formula is C31H50N2O3. The molecule has 0 aromatic carbocycles. The third-order valence-electron chi connectivity index (χ3n) is 12.6. The van der Waals surface area contributed by atoms with E-state index in [2.05, 4.69) is 39.1 Å². The number of aliphatic hydroxyl groups is 1. The van der Waals surface area contributed by atoms with Gasteiger partial charge in [-0.3, -0.25) is 9.63 Å². The number of hydrogen-bond acceptors (Lipinski definition) is 4. The van der Waals surface area contributed by atoms with Crippen molar-refractivity contribution in [2.75, 3.05) is 13.2 Å². The summed E-state index contributed by atoms with van der Waals surface area (Å²) >= 11 is 0. The Morgan fingerprint density at radius 2 is 2.06 bits per heavy atom. The maximum Gasteiger partial charge on any atom is 0.246 e. The number of fused-ring (bicyclic) bond motifs is 6. The summed E-state index contributed by atoms with van der Waals surface area (Å²) in [6.07, 6.45) is 14.8. The fraction of sp³-hybridized carbons (Fsp3) is 0.903. The molecular weight excluding hydrogens is 448 g/mol. The number of hydroxylamine groups is 2. The van der Waals surface area contributed by atoms with Crippen molar-refractivity contribution in [2.24, 2.45) is 46.3 Å². The van der Waals surface area contributed by atoms with Gasteiger partial charge >= 0.3 is 0 Å². The van der Waals surface area contributed by atoms with Gasteiger partial charge in [-0.25, -0.2) is 5.06 Å². The molecule has 0 radical (unpaired) electrons. The summed E-state index contributed by atoms with van der Waals surface area (Å²) in [6.45, 7) is 11.4. The summed E-state index contributed by atoms with van der Waals surface area (Å²) < 4.78 is 0. The predicted octanol–water partition coefficient (Wildman–Crippen LogP) is 5.48. The average molecular weight is 499 g/mol. The van der Waals surface area contributed by atoms with Crippen molar-refractivity contribution in [3.05, 3.63) is 11.6 Å². The van der Waals surface area contributed by atoms with Crippen LogP contribution in [0.2, 0.25) is 0 Å². The third kappa shape index (κ3) is 3.85. The molecule has 1 amide bonds. The van der Waals surface area contributed by atoms with Crippen LogP contribution < -0.4 is 5.32 Å². The highest BCUT2D eigenvalue weighted by Crippen LogP contribution is 2.67. The molecule has 0 spiro atoms. The number of nitrogens with zero attached hydrogens (tertiary/aromatic N) is 1. The second kappa shape index (κ2) is 9.38. The zero-order chi connectivity index (χ0) is 25.2. The van der Waals surface area contributed by atoms with Crippen LogP contribution in [-0.4, -0.2) is 47.4 Å². The summed E-state index contributed by atoms with van der Waals surface area (Å²) in [6, 6.07) is 0.607. The van der Waals surface area contributed by atoms with E-state index in [1.165, 1.54) is 38.5 Å². The Balaban J connectivity index is 1.10. The van der Waals surface area contributed by atoms with E-state index in [0.717, 1.165) is 55.9 Å². The van der Waals surface area contributed by atoms with Crippen molar-refractivity contribution in [1.82, 2.24) is 10.4 Å². The van der Waals surface area contributed by atoms with E-state index in [4.69, 9.17) is 4.84 Å². The van der Waals surface area contributed by atoms with Gasteiger partial charge in [0.05, 0.1) is 18.8 Å². The summed E-state index contributed by atoms with van der Waals surface area (Å²) in [5, 5.41) is 15.7. The van der Waals surface area contributed by atoms with E-state index >= 15 is 0 Å². The number of carbonyl (C=O) groups excluding carboxylic acids is 1. The number of rotatable bonds is 5. The Morgan fingerprint density at radius 3 is 2.86 bits per heavy atom. The van der Waals surface area contributed by atoms with Crippen LogP contribution in [0.3, 0.4) is 0 Å². The van der Waals surface area contributed by atoms with Crippen LogP contribution in [0.25, 0.3) is 0 Å². The van der Waals surface area contributed by atoms with Gasteiger partial charge in [-0.1, -0.05) is 39.3 Å². The molecule has 1 unspecified atom stereocenters. The lowest BCUT2D eigenvalue weighted by Crippen LogP contribution is -2.50. The van der Waals surface area contributed by atoms with Crippen molar-refractivity contribution in [1.29, 1.82) is 0 Å². The predicted molar refractivity (Wildman–Crippen MR) is 142 cm³/mol. The topological polar surface area (TPSA) is 61.8 Å². The zero-order valence-electron chi connectivity index (χ0n) is 23.2. The summed E-state index contributed by atoms with van der Waals surface area (Å²) in [4.78, 5) is 19.2. The Kier molecular flexibility index (Phi) is 6.61. The number of allylic oxidation sites excluding steroid dienone is 1. The molecule has 5 fully saturated rings. The Morgan fingerprint density at radius 1 is 1.22 bits per heavy atom. The van der Waals surface area contributed by atoms with Gasteiger partial charge in [0, 0.05) is 24.9 Å². The third-order valence-corrected chi connectivity index (χ3v) is 12.6. The van der Waals surface area contributed by atoms with Crippen LogP contribution in [0.1, 0.15) is 98.3 Å². The van der Waals surface area contributed by atoms with Crippen LogP contribution in [0, 0.1) is 46.3 Å². The molecule has 0 aromatic rings. The maximum atomic E-state index is 13.3. The van der Waals surface area contributed by atoms with Crippen molar-refractivity contribution >= 4 is 5.91 Å². The van der Waals surface area contributed by atoms with Gasteiger partial charge < -0.3 is 10.4 Å². The molecule has 4 aliphatic carbocycles. The first-order valence-electron chi connectivity index (χ1n) is 15.3. The minimum absolute atomic E-state index is 0.121. The summed E-state index contributed by atoms with van der Waals surface area (Å²) in [5.74, 6) is 4.40. The summed E-state index contributed by atoms with van der Waals surface area (Å²) in [5.41, 5.74) is 2.30. The molecule has 2 heterocycles. The molecule has 36 heavy (non-hydrogen) atoms. The van der Waals surface area contributed by atoms with Crippen LogP contribution in [0.15, 0.2) is 11.6 Å². The molecule has 5 heteroatoms. The highest BCUT2D eigenvalue weighted by molar-refractivity contribution is 5.75. The first-order chi connectivity index (χ1) is 17.3. The average Bonchev–Trinajstić information content (AvgIpc) is 3.55. The zero-order valence-corrected chi connectivity index (χ0v) is 23.2. The van der Waals surface area contributed by atoms with E-state index in [1.807, 2.05) is 0 Å². The second-order valence-electron chi connectivity index (χ2n) is 14.1. The Hall–Kier alpha value is -0.910. The first-order valence-corrected chi connectivity index (χ1v) is 15.3. The Labute approximate surface area is 218 Å². The molecule has 0 aromatic heterocycles. The molecule has 2 N–H and O–H groups in total. The van der Waals surface area contributed by atoms with Crippen molar-refractivity contribution in [2.45, 2.75) is 117 Å².